The van der Waals surface area contributed by atoms with Gasteiger partial charge in [-0.2, -0.15) is 5.10 Å². The lowest BCUT2D eigenvalue weighted by molar-refractivity contribution is -0.384. The molecule has 1 aromatic heterocycles. The highest BCUT2D eigenvalue weighted by Crippen LogP contribution is 2.44. The summed E-state index contributed by atoms with van der Waals surface area (Å²) in [6, 6.07) is 18.5. The molecule has 2 aliphatic heterocycles. The Bertz CT molecular complexity index is 1470. The second-order valence-electron chi connectivity index (χ2n) is 8.24. The smallest absolute Gasteiger partial charge is 0.273 e. The minimum atomic E-state index is -0.506. The van der Waals surface area contributed by atoms with Crippen LogP contribution in [0.2, 0.25) is 5.02 Å². The Balaban J connectivity index is 1.45. The van der Waals surface area contributed by atoms with E-state index in [0.29, 0.717) is 40.0 Å². The van der Waals surface area contributed by atoms with Crippen LogP contribution in [0.1, 0.15) is 33.2 Å². The van der Waals surface area contributed by atoms with Crippen molar-refractivity contribution < 1.29 is 19.2 Å². The topological polar surface area (TPSA) is 111 Å². The molecule has 3 aromatic carbocycles. The van der Waals surface area contributed by atoms with Crippen LogP contribution in [-0.2, 0) is 6.54 Å². The number of nitrogens with one attached hydrogen (secondary N) is 1. The molecular weight excluding hydrogens is 472 g/mol. The number of rotatable bonds is 5. The SMILES string of the molecule is O=C1c2[nH]nc(-c3ccc(Cl)cc3)c2C(c2ccc([N+](=O)[O-])cc2)N1Cc1ccc2c(c1)OCO2. The Labute approximate surface area is 204 Å². The summed E-state index contributed by atoms with van der Waals surface area (Å²) in [7, 11) is 0. The zero-order valence-electron chi connectivity index (χ0n) is 18.1. The number of carbonyl (C=O) groups excluding carboxylic acids is 1. The van der Waals surface area contributed by atoms with Crippen molar-refractivity contribution in [1.29, 1.82) is 0 Å². The number of non-ortho nitro benzene ring substituents is 1. The van der Waals surface area contributed by atoms with Gasteiger partial charge in [0.1, 0.15) is 5.69 Å². The van der Waals surface area contributed by atoms with Gasteiger partial charge in [0.15, 0.2) is 11.5 Å². The fourth-order valence-corrected chi connectivity index (χ4v) is 4.67. The molecule has 1 N–H and O–H groups in total. The van der Waals surface area contributed by atoms with Crippen molar-refractivity contribution >= 4 is 23.2 Å². The number of carbonyl (C=O) groups is 1. The third kappa shape index (κ3) is 3.57. The van der Waals surface area contributed by atoms with Crippen LogP contribution < -0.4 is 9.47 Å². The molecule has 9 nitrogen and oxygen atoms in total. The Morgan fingerprint density at radius 1 is 1.06 bits per heavy atom. The molecule has 174 valence electrons. The van der Waals surface area contributed by atoms with Crippen LogP contribution in [-0.4, -0.2) is 32.7 Å². The number of ether oxygens (including phenoxy) is 2. The van der Waals surface area contributed by atoms with Gasteiger partial charge >= 0.3 is 0 Å². The number of aromatic nitrogens is 2. The van der Waals surface area contributed by atoms with Crippen LogP contribution in [0.15, 0.2) is 66.7 Å². The highest BCUT2D eigenvalue weighted by atomic mass is 35.5. The predicted molar refractivity (Wildman–Crippen MR) is 126 cm³/mol. The van der Waals surface area contributed by atoms with Gasteiger partial charge < -0.3 is 14.4 Å². The number of amides is 1. The van der Waals surface area contributed by atoms with Gasteiger partial charge in [-0.05, 0) is 47.5 Å². The monoisotopic (exact) mass is 488 g/mol. The molecule has 0 spiro atoms. The van der Waals surface area contributed by atoms with E-state index in [4.69, 9.17) is 21.1 Å². The van der Waals surface area contributed by atoms with Crippen LogP contribution in [0.5, 0.6) is 11.5 Å². The van der Waals surface area contributed by atoms with Gasteiger partial charge in [0, 0.05) is 34.8 Å². The number of nitro groups is 1. The first kappa shape index (κ1) is 21.2. The Hall–Kier alpha value is -4.37. The summed E-state index contributed by atoms with van der Waals surface area (Å²) in [5, 5.41) is 19.1. The van der Waals surface area contributed by atoms with Crippen LogP contribution in [0, 0.1) is 10.1 Å². The highest BCUT2D eigenvalue weighted by Gasteiger charge is 2.42. The summed E-state index contributed by atoms with van der Waals surface area (Å²) in [5.41, 5.74) is 4.11. The minimum absolute atomic E-state index is 0.0225. The lowest BCUT2D eigenvalue weighted by Crippen LogP contribution is -2.29. The molecule has 0 saturated carbocycles. The first-order valence-electron chi connectivity index (χ1n) is 10.8. The van der Waals surface area contributed by atoms with Crippen molar-refractivity contribution in [2.75, 3.05) is 6.79 Å². The van der Waals surface area contributed by atoms with E-state index in [1.165, 1.54) is 12.1 Å². The fourth-order valence-electron chi connectivity index (χ4n) is 4.55. The lowest BCUT2D eigenvalue weighted by Gasteiger charge is -2.26. The highest BCUT2D eigenvalue weighted by molar-refractivity contribution is 6.30. The summed E-state index contributed by atoms with van der Waals surface area (Å²) in [5.74, 6) is 1.07. The third-order valence-electron chi connectivity index (χ3n) is 6.19. The van der Waals surface area contributed by atoms with Gasteiger partial charge in [-0.25, -0.2) is 0 Å². The number of fused-ring (bicyclic) bond motifs is 2. The maximum absolute atomic E-state index is 13.6. The first-order chi connectivity index (χ1) is 17.0. The van der Waals surface area contributed by atoms with Gasteiger partial charge in [0.05, 0.1) is 16.7 Å². The number of aromatic amines is 1. The number of halogens is 1. The molecular formula is C25H17ClN4O5. The normalized spacial score (nSPS) is 16.0. The van der Waals surface area contributed by atoms with E-state index in [9.17, 15) is 14.9 Å². The third-order valence-corrected chi connectivity index (χ3v) is 6.44. The Morgan fingerprint density at radius 2 is 1.80 bits per heavy atom. The van der Waals surface area contributed by atoms with Crippen molar-refractivity contribution in [3.05, 3.63) is 104 Å². The number of hydrogen-bond acceptors (Lipinski definition) is 6. The van der Waals surface area contributed by atoms with Crippen molar-refractivity contribution in [2.24, 2.45) is 0 Å². The summed E-state index contributed by atoms with van der Waals surface area (Å²) in [6.45, 7) is 0.452. The molecule has 0 bridgehead atoms. The molecule has 0 radical (unpaired) electrons. The van der Waals surface area contributed by atoms with E-state index in [0.717, 1.165) is 16.7 Å². The minimum Gasteiger partial charge on any atom is -0.454 e. The Kier molecular flexibility index (Phi) is 4.93. The summed E-state index contributed by atoms with van der Waals surface area (Å²) in [6.07, 6.45) is 0. The second kappa shape index (κ2) is 8.14. The van der Waals surface area contributed by atoms with Gasteiger partial charge in [-0.3, -0.25) is 20.0 Å². The number of hydrogen-bond donors (Lipinski definition) is 1. The quantitative estimate of drug-likeness (QED) is 0.308. The van der Waals surface area contributed by atoms with Crippen LogP contribution in [0.25, 0.3) is 11.3 Å². The second-order valence-corrected chi connectivity index (χ2v) is 8.68. The van der Waals surface area contributed by atoms with Gasteiger partial charge in [-0.15, -0.1) is 0 Å². The maximum atomic E-state index is 13.6. The van der Waals surface area contributed by atoms with E-state index in [1.54, 1.807) is 29.2 Å². The van der Waals surface area contributed by atoms with Gasteiger partial charge in [0.25, 0.3) is 11.6 Å². The number of nitrogens with zero attached hydrogens (tertiary/aromatic N) is 3. The van der Waals surface area contributed by atoms with Gasteiger partial charge in [0.2, 0.25) is 6.79 Å². The van der Waals surface area contributed by atoms with E-state index >= 15 is 0 Å². The maximum Gasteiger partial charge on any atom is 0.273 e. The summed E-state index contributed by atoms with van der Waals surface area (Å²) >= 11 is 6.07. The molecule has 0 saturated heterocycles. The zero-order valence-corrected chi connectivity index (χ0v) is 18.9. The van der Waals surface area contributed by atoms with Crippen LogP contribution in [0.3, 0.4) is 0 Å². The first-order valence-corrected chi connectivity index (χ1v) is 11.2. The molecule has 1 atom stereocenters. The molecule has 1 amide bonds. The molecule has 1 unspecified atom stereocenters. The van der Waals surface area contributed by atoms with Crippen LogP contribution in [0.4, 0.5) is 5.69 Å². The predicted octanol–water partition coefficient (Wildman–Crippen LogP) is 5.11. The van der Waals surface area contributed by atoms with Crippen molar-refractivity contribution in [3.63, 3.8) is 0 Å². The molecule has 4 aromatic rings. The van der Waals surface area contributed by atoms with Crippen LogP contribution >= 0.6 is 11.6 Å². The molecule has 0 aliphatic carbocycles. The molecule has 6 rings (SSSR count). The zero-order chi connectivity index (χ0) is 24.1. The molecule has 2 aliphatic rings. The largest absolute Gasteiger partial charge is 0.454 e. The van der Waals surface area contributed by atoms with Crippen molar-refractivity contribution in [2.45, 2.75) is 12.6 Å². The average Bonchev–Trinajstić information content (AvgIpc) is 3.56. The number of benzene rings is 3. The van der Waals surface area contributed by atoms with E-state index < -0.39 is 11.0 Å². The lowest BCUT2D eigenvalue weighted by atomic mass is 9.95. The molecule has 3 heterocycles. The standard InChI is InChI=1S/C25H17ClN4O5/c26-17-6-2-15(3-7-17)22-21-23(28-27-22)25(31)29(12-14-1-10-19-20(11-14)35-13-34-19)24(21)16-4-8-18(9-5-16)30(32)33/h1-11,24H,12-13H2,(H,27,28). The summed E-state index contributed by atoms with van der Waals surface area (Å²) in [4.78, 5) is 26.0. The average molecular weight is 489 g/mol. The van der Waals surface area contributed by atoms with Gasteiger partial charge in [-0.1, -0.05) is 29.8 Å². The number of H-pyrrole nitrogens is 1. The Morgan fingerprint density at radius 3 is 2.54 bits per heavy atom. The fraction of sp³-hybridized carbons (Fsp3) is 0.120. The molecule has 0 fully saturated rings. The summed E-state index contributed by atoms with van der Waals surface area (Å²) < 4.78 is 10.9. The van der Waals surface area contributed by atoms with Crippen molar-refractivity contribution in [1.82, 2.24) is 15.1 Å². The number of nitro benzene ring substituents is 1. The van der Waals surface area contributed by atoms with E-state index in [-0.39, 0.29) is 18.4 Å². The van der Waals surface area contributed by atoms with E-state index in [2.05, 4.69) is 10.2 Å². The molecule has 35 heavy (non-hydrogen) atoms. The van der Waals surface area contributed by atoms with Crippen molar-refractivity contribution in [3.8, 4) is 22.8 Å². The molecule has 10 heteroatoms. The van der Waals surface area contributed by atoms with E-state index in [1.807, 2.05) is 30.3 Å².